The SMILES string of the molecule is N#Cc1ccc(CC(=O)Nc2ccc(C#N)cc2Cl)cc1. The average molecular weight is 296 g/mol. The second kappa shape index (κ2) is 6.56. The lowest BCUT2D eigenvalue weighted by molar-refractivity contribution is -0.115. The van der Waals surface area contributed by atoms with Crippen LogP contribution in [0.1, 0.15) is 16.7 Å². The molecular weight excluding hydrogens is 286 g/mol. The summed E-state index contributed by atoms with van der Waals surface area (Å²) in [6, 6.07) is 15.5. The summed E-state index contributed by atoms with van der Waals surface area (Å²) in [7, 11) is 0. The zero-order valence-corrected chi connectivity index (χ0v) is 11.7. The molecule has 1 N–H and O–H groups in total. The number of nitriles is 2. The Morgan fingerprint density at radius 1 is 1.05 bits per heavy atom. The zero-order chi connectivity index (χ0) is 15.2. The fourth-order valence-electron chi connectivity index (χ4n) is 1.76. The second-order valence-corrected chi connectivity index (χ2v) is 4.75. The molecule has 2 aromatic carbocycles. The molecular formula is C16H10ClN3O. The Morgan fingerprint density at radius 2 is 1.67 bits per heavy atom. The van der Waals surface area contributed by atoms with Crippen molar-refractivity contribution in [3.63, 3.8) is 0 Å². The van der Waals surface area contributed by atoms with Crippen LogP contribution >= 0.6 is 11.6 Å². The number of hydrogen-bond donors (Lipinski definition) is 1. The van der Waals surface area contributed by atoms with Gasteiger partial charge in [-0.2, -0.15) is 10.5 Å². The maximum atomic E-state index is 11.9. The Hall–Kier alpha value is -2.82. The quantitative estimate of drug-likeness (QED) is 0.944. The average Bonchev–Trinajstić information content (AvgIpc) is 2.50. The molecule has 0 bridgehead atoms. The number of benzene rings is 2. The van der Waals surface area contributed by atoms with Crippen molar-refractivity contribution in [2.75, 3.05) is 5.32 Å². The first-order valence-corrected chi connectivity index (χ1v) is 6.48. The van der Waals surface area contributed by atoms with E-state index in [0.717, 1.165) is 5.56 Å². The van der Waals surface area contributed by atoms with Gasteiger partial charge in [0.2, 0.25) is 5.91 Å². The van der Waals surface area contributed by atoms with Crippen LogP contribution in [0.2, 0.25) is 5.02 Å². The smallest absolute Gasteiger partial charge is 0.228 e. The van der Waals surface area contributed by atoms with Gasteiger partial charge >= 0.3 is 0 Å². The van der Waals surface area contributed by atoms with Gasteiger partial charge in [0.15, 0.2) is 0 Å². The van der Waals surface area contributed by atoms with Gasteiger partial charge in [0.25, 0.3) is 0 Å². The molecule has 0 heterocycles. The lowest BCUT2D eigenvalue weighted by Crippen LogP contribution is -2.14. The van der Waals surface area contributed by atoms with Crippen molar-refractivity contribution in [2.45, 2.75) is 6.42 Å². The molecule has 0 spiro atoms. The molecule has 0 radical (unpaired) electrons. The Morgan fingerprint density at radius 3 is 2.24 bits per heavy atom. The minimum Gasteiger partial charge on any atom is -0.324 e. The maximum Gasteiger partial charge on any atom is 0.228 e. The van der Waals surface area contributed by atoms with Crippen molar-refractivity contribution in [3.8, 4) is 12.1 Å². The number of carbonyl (C=O) groups excluding carboxylic acids is 1. The standard InChI is InChI=1S/C16H10ClN3O/c17-14-7-13(10-19)5-6-15(14)20-16(21)8-11-1-3-12(9-18)4-2-11/h1-7H,8H2,(H,20,21). The Balaban J connectivity index is 2.05. The predicted molar refractivity (Wildman–Crippen MR) is 79.7 cm³/mol. The lowest BCUT2D eigenvalue weighted by atomic mass is 10.1. The van der Waals surface area contributed by atoms with E-state index in [2.05, 4.69) is 5.32 Å². The third kappa shape index (κ3) is 3.82. The zero-order valence-electron chi connectivity index (χ0n) is 10.9. The molecule has 102 valence electrons. The van der Waals surface area contributed by atoms with Gasteiger partial charge in [-0.25, -0.2) is 0 Å². The monoisotopic (exact) mass is 295 g/mol. The summed E-state index contributed by atoms with van der Waals surface area (Å²) in [4.78, 5) is 11.9. The van der Waals surface area contributed by atoms with Crippen LogP contribution in [0.4, 0.5) is 5.69 Å². The van der Waals surface area contributed by atoms with Crippen molar-refractivity contribution in [2.24, 2.45) is 0 Å². The minimum absolute atomic E-state index is 0.183. The van der Waals surface area contributed by atoms with Crippen LogP contribution in [0.3, 0.4) is 0 Å². The highest BCUT2D eigenvalue weighted by Crippen LogP contribution is 2.23. The van der Waals surface area contributed by atoms with Gasteiger partial charge in [-0.1, -0.05) is 23.7 Å². The number of nitrogens with zero attached hydrogens (tertiary/aromatic N) is 2. The Labute approximate surface area is 127 Å². The van der Waals surface area contributed by atoms with Gasteiger partial charge in [-0.15, -0.1) is 0 Å². The number of amides is 1. The van der Waals surface area contributed by atoms with Gasteiger partial charge < -0.3 is 5.32 Å². The highest BCUT2D eigenvalue weighted by Gasteiger charge is 2.07. The fourth-order valence-corrected chi connectivity index (χ4v) is 1.99. The molecule has 0 atom stereocenters. The van der Waals surface area contributed by atoms with Gasteiger partial charge in [-0.3, -0.25) is 4.79 Å². The summed E-state index contributed by atoms with van der Waals surface area (Å²) in [5.74, 6) is -0.216. The second-order valence-electron chi connectivity index (χ2n) is 4.34. The van der Waals surface area contributed by atoms with Crippen molar-refractivity contribution < 1.29 is 4.79 Å². The van der Waals surface area contributed by atoms with Crippen LogP contribution in [-0.2, 0) is 11.2 Å². The molecule has 0 unspecified atom stereocenters. The van der Waals surface area contributed by atoms with E-state index in [0.29, 0.717) is 21.8 Å². The van der Waals surface area contributed by atoms with E-state index in [1.807, 2.05) is 12.1 Å². The molecule has 0 saturated heterocycles. The molecule has 0 aromatic heterocycles. The molecule has 0 aliphatic carbocycles. The predicted octanol–water partition coefficient (Wildman–Crippen LogP) is 3.26. The third-order valence-electron chi connectivity index (χ3n) is 2.82. The summed E-state index contributed by atoms with van der Waals surface area (Å²) >= 11 is 5.99. The van der Waals surface area contributed by atoms with E-state index in [-0.39, 0.29) is 12.3 Å². The summed E-state index contributed by atoms with van der Waals surface area (Å²) < 4.78 is 0. The van der Waals surface area contributed by atoms with E-state index in [4.69, 9.17) is 22.1 Å². The third-order valence-corrected chi connectivity index (χ3v) is 3.13. The van der Waals surface area contributed by atoms with Gasteiger partial charge in [0.1, 0.15) is 0 Å². The van der Waals surface area contributed by atoms with E-state index < -0.39 is 0 Å². The van der Waals surface area contributed by atoms with Gasteiger partial charge in [-0.05, 0) is 35.9 Å². The number of nitrogens with one attached hydrogen (secondary N) is 1. The van der Waals surface area contributed by atoms with Crippen LogP contribution in [-0.4, -0.2) is 5.91 Å². The lowest BCUT2D eigenvalue weighted by Gasteiger charge is -2.07. The first-order valence-electron chi connectivity index (χ1n) is 6.11. The van der Waals surface area contributed by atoms with Crippen LogP contribution < -0.4 is 5.32 Å². The Bertz CT molecular complexity index is 755. The van der Waals surface area contributed by atoms with Gasteiger partial charge in [0, 0.05) is 0 Å². The molecule has 2 aromatic rings. The van der Waals surface area contributed by atoms with Crippen LogP contribution in [0, 0.1) is 22.7 Å². The van der Waals surface area contributed by atoms with Crippen molar-refractivity contribution in [1.29, 1.82) is 10.5 Å². The number of carbonyl (C=O) groups is 1. The molecule has 1 amide bonds. The molecule has 0 fully saturated rings. The highest BCUT2D eigenvalue weighted by molar-refractivity contribution is 6.33. The number of halogens is 1. The van der Waals surface area contributed by atoms with Gasteiger partial charge in [0.05, 0.1) is 40.4 Å². The molecule has 0 aliphatic rings. The van der Waals surface area contributed by atoms with E-state index in [1.165, 1.54) is 6.07 Å². The summed E-state index contributed by atoms with van der Waals surface area (Å²) in [6.45, 7) is 0. The van der Waals surface area contributed by atoms with Crippen molar-refractivity contribution in [1.82, 2.24) is 0 Å². The first kappa shape index (κ1) is 14.6. The highest BCUT2D eigenvalue weighted by atomic mass is 35.5. The molecule has 4 nitrogen and oxygen atoms in total. The van der Waals surface area contributed by atoms with Crippen LogP contribution in [0.25, 0.3) is 0 Å². The molecule has 5 heteroatoms. The summed E-state index contributed by atoms with van der Waals surface area (Å²) in [5.41, 5.74) is 2.25. The van der Waals surface area contributed by atoms with E-state index in [9.17, 15) is 4.79 Å². The first-order chi connectivity index (χ1) is 10.1. The fraction of sp³-hybridized carbons (Fsp3) is 0.0625. The Kier molecular flexibility index (Phi) is 4.56. The molecule has 0 saturated carbocycles. The normalized spacial score (nSPS) is 9.48. The summed E-state index contributed by atoms with van der Waals surface area (Å²) in [6.07, 6.45) is 0.183. The largest absolute Gasteiger partial charge is 0.324 e. The number of rotatable bonds is 3. The number of anilines is 1. The topological polar surface area (TPSA) is 76.7 Å². The van der Waals surface area contributed by atoms with Crippen molar-refractivity contribution in [3.05, 3.63) is 64.2 Å². The molecule has 2 rings (SSSR count). The van der Waals surface area contributed by atoms with Crippen LogP contribution in [0.5, 0.6) is 0 Å². The molecule has 21 heavy (non-hydrogen) atoms. The minimum atomic E-state index is -0.216. The van der Waals surface area contributed by atoms with E-state index in [1.54, 1.807) is 36.4 Å². The van der Waals surface area contributed by atoms with Crippen molar-refractivity contribution >= 4 is 23.2 Å². The summed E-state index contributed by atoms with van der Waals surface area (Å²) in [5, 5.41) is 20.5. The molecule has 0 aliphatic heterocycles. The van der Waals surface area contributed by atoms with E-state index >= 15 is 0 Å². The number of hydrogen-bond acceptors (Lipinski definition) is 3. The van der Waals surface area contributed by atoms with Crippen LogP contribution in [0.15, 0.2) is 42.5 Å². The maximum absolute atomic E-state index is 11.9.